The Balaban J connectivity index is 1.05. The molecule has 0 bridgehead atoms. The number of nitro groups is 1. The van der Waals surface area contributed by atoms with Gasteiger partial charge < -0.3 is 41.6 Å². The van der Waals surface area contributed by atoms with Crippen LogP contribution in [0.4, 0.5) is 5.69 Å². The largest absolute Gasteiger partial charge is 0.425 e. The maximum absolute atomic E-state index is 14.1. The number of hydrogen-bond acceptors (Lipinski definition) is 11. The van der Waals surface area contributed by atoms with E-state index in [1.165, 1.54) is 29.2 Å². The minimum atomic E-state index is -1.19. The van der Waals surface area contributed by atoms with E-state index < -0.39 is 77.7 Å². The molecule has 5 aromatic rings. The van der Waals surface area contributed by atoms with E-state index in [-0.39, 0.29) is 43.7 Å². The summed E-state index contributed by atoms with van der Waals surface area (Å²) in [5.74, 6) is -3.87. The van der Waals surface area contributed by atoms with E-state index in [1.54, 1.807) is 61.1 Å². The number of nitrogens with one attached hydrogen (secondary N) is 5. The molecule has 6 rings (SSSR count). The number of para-hydroxylation sites is 1. The molecule has 0 aliphatic carbocycles. The Kier molecular flexibility index (Phi) is 14.5. The number of ether oxygens (including phenoxy) is 1. The van der Waals surface area contributed by atoms with Crippen LogP contribution in [0, 0.1) is 10.1 Å². The van der Waals surface area contributed by atoms with Gasteiger partial charge in [0.1, 0.15) is 23.9 Å². The van der Waals surface area contributed by atoms with Crippen LogP contribution >= 0.6 is 0 Å². The number of carbonyl (C=O) groups is 6. The molecule has 2 aromatic heterocycles. The quantitative estimate of drug-likeness (QED) is 0.0320. The summed E-state index contributed by atoms with van der Waals surface area (Å²) in [5, 5.41) is 22.4. The Labute approximate surface area is 349 Å². The van der Waals surface area contributed by atoms with Gasteiger partial charge in [-0.25, -0.2) is 4.79 Å². The number of aromatic nitrogens is 2. The van der Waals surface area contributed by atoms with E-state index in [0.717, 1.165) is 16.5 Å². The van der Waals surface area contributed by atoms with Gasteiger partial charge in [-0.05, 0) is 60.2 Å². The lowest BCUT2D eigenvalue weighted by molar-refractivity contribution is -0.384. The molecule has 0 unspecified atom stereocenters. The van der Waals surface area contributed by atoms with Gasteiger partial charge in [0.25, 0.3) is 5.69 Å². The monoisotopic (exact) mass is 831 g/mol. The number of rotatable bonds is 18. The molecule has 1 aliphatic heterocycles. The number of nitro benzene ring substituents is 1. The highest BCUT2D eigenvalue weighted by molar-refractivity contribution is 5.95. The van der Waals surface area contributed by atoms with Gasteiger partial charge in [0.15, 0.2) is 0 Å². The highest BCUT2D eigenvalue weighted by atomic mass is 16.6. The molecule has 5 amide bonds. The molecule has 316 valence electrons. The van der Waals surface area contributed by atoms with Crippen molar-refractivity contribution in [2.75, 3.05) is 19.6 Å². The first-order chi connectivity index (χ1) is 29.4. The summed E-state index contributed by atoms with van der Waals surface area (Å²) in [7, 11) is 0. The van der Waals surface area contributed by atoms with Gasteiger partial charge in [0.05, 0.1) is 24.1 Å². The SMILES string of the molecule is N[C@@H](Cc1c[nH]c2ccccc12)C(=O)NCC(=O)N[C@@H](Cc1cccnc1)C(=O)N1CCC[C@H]1C(=O)NCC(=O)N[C@@H](Cc1ccccc1)C(=O)Oc1ccc([N+](=O)[O-])cc1. The number of amides is 5. The molecule has 1 aliphatic rings. The number of carbonyl (C=O) groups excluding carboxylic acids is 6. The topological polar surface area (TPSA) is 261 Å². The first-order valence-corrected chi connectivity index (χ1v) is 19.6. The van der Waals surface area contributed by atoms with Crippen molar-refractivity contribution < 1.29 is 38.4 Å². The number of non-ortho nitro benzene ring substituents is 1. The second-order valence-corrected chi connectivity index (χ2v) is 14.5. The van der Waals surface area contributed by atoms with Gasteiger partial charge >= 0.3 is 5.97 Å². The van der Waals surface area contributed by atoms with Gasteiger partial charge in [-0.3, -0.25) is 39.1 Å². The third kappa shape index (κ3) is 11.8. The number of fused-ring (bicyclic) bond motifs is 1. The second kappa shape index (κ2) is 20.5. The molecule has 18 heteroatoms. The second-order valence-electron chi connectivity index (χ2n) is 14.5. The first kappa shape index (κ1) is 43.1. The molecule has 0 spiro atoms. The molecule has 0 radical (unpaired) electrons. The number of benzene rings is 3. The summed E-state index contributed by atoms with van der Waals surface area (Å²) in [5.41, 5.74) is 9.10. The fourth-order valence-corrected chi connectivity index (χ4v) is 7.03. The summed E-state index contributed by atoms with van der Waals surface area (Å²) in [6.07, 6.45) is 5.98. The van der Waals surface area contributed by atoms with Crippen LogP contribution in [-0.4, -0.2) is 99.1 Å². The summed E-state index contributed by atoms with van der Waals surface area (Å²) >= 11 is 0. The van der Waals surface area contributed by atoms with Crippen LogP contribution in [0.5, 0.6) is 5.75 Å². The van der Waals surface area contributed by atoms with E-state index in [2.05, 4.69) is 31.2 Å². The van der Waals surface area contributed by atoms with Crippen LogP contribution in [0.2, 0.25) is 0 Å². The zero-order valence-corrected chi connectivity index (χ0v) is 33.0. The highest BCUT2D eigenvalue weighted by Gasteiger charge is 2.38. The van der Waals surface area contributed by atoms with Gasteiger partial charge in [0.2, 0.25) is 29.5 Å². The number of hydrogen-bond donors (Lipinski definition) is 6. The molecular weight excluding hydrogens is 787 g/mol. The van der Waals surface area contributed by atoms with Crippen LogP contribution in [0.3, 0.4) is 0 Å². The Hall–Kier alpha value is -7.47. The van der Waals surface area contributed by atoms with Crippen molar-refractivity contribution in [3.8, 4) is 5.75 Å². The van der Waals surface area contributed by atoms with Crippen molar-refractivity contribution in [1.82, 2.24) is 36.1 Å². The molecule has 3 heterocycles. The maximum atomic E-state index is 14.1. The lowest BCUT2D eigenvalue weighted by atomic mass is 10.0. The zero-order chi connectivity index (χ0) is 43.3. The third-order valence-corrected chi connectivity index (χ3v) is 10.1. The molecule has 3 aromatic carbocycles. The summed E-state index contributed by atoms with van der Waals surface area (Å²) in [6.45, 7) is -0.788. The molecule has 61 heavy (non-hydrogen) atoms. The van der Waals surface area contributed by atoms with Gasteiger partial charge in [-0.2, -0.15) is 0 Å². The van der Waals surface area contributed by atoms with E-state index in [0.29, 0.717) is 17.5 Å². The number of nitrogens with zero attached hydrogens (tertiary/aromatic N) is 3. The molecule has 1 fully saturated rings. The van der Waals surface area contributed by atoms with Crippen LogP contribution < -0.4 is 31.7 Å². The minimum absolute atomic E-state index is 0.0338. The Morgan fingerprint density at radius 3 is 2.23 bits per heavy atom. The Bertz CT molecular complexity index is 2360. The van der Waals surface area contributed by atoms with Gasteiger partial charge in [-0.15, -0.1) is 0 Å². The molecule has 7 N–H and O–H groups in total. The number of aromatic amines is 1. The highest BCUT2D eigenvalue weighted by Crippen LogP contribution is 2.22. The third-order valence-electron chi connectivity index (χ3n) is 10.1. The van der Waals surface area contributed by atoms with E-state index in [4.69, 9.17) is 10.5 Å². The van der Waals surface area contributed by atoms with E-state index in [1.807, 2.05) is 24.3 Å². The van der Waals surface area contributed by atoms with Crippen molar-refractivity contribution >= 4 is 52.1 Å². The number of pyridine rings is 1. The number of likely N-dealkylation sites (tertiary alicyclic amines) is 1. The molecule has 4 atom stereocenters. The van der Waals surface area contributed by atoms with Crippen molar-refractivity contribution in [2.24, 2.45) is 5.73 Å². The average Bonchev–Trinajstić information content (AvgIpc) is 3.93. The molecule has 0 saturated carbocycles. The number of nitrogens with two attached hydrogens (primary N) is 1. The first-order valence-electron chi connectivity index (χ1n) is 19.6. The molecule has 18 nitrogen and oxygen atoms in total. The molecular formula is C43H45N9O9. The summed E-state index contributed by atoms with van der Waals surface area (Å²) < 4.78 is 5.42. The van der Waals surface area contributed by atoms with E-state index in [9.17, 15) is 38.9 Å². The van der Waals surface area contributed by atoms with Crippen LogP contribution in [0.15, 0.2) is 110 Å². The average molecular weight is 832 g/mol. The zero-order valence-electron chi connectivity index (χ0n) is 33.0. The normalized spacial score (nSPS) is 14.9. The van der Waals surface area contributed by atoms with Crippen LogP contribution in [0.25, 0.3) is 10.9 Å². The molecule has 1 saturated heterocycles. The van der Waals surface area contributed by atoms with Crippen molar-refractivity contribution in [1.29, 1.82) is 0 Å². The summed E-state index contributed by atoms with van der Waals surface area (Å²) in [6, 6.07) is 20.5. The lowest BCUT2D eigenvalue weighted by Gasteiger charge is -2.29. The summed E-state index contributed by atoms with van der Waals surface area (Å²) in [4.78, 5) is 99.3. The predicted octanol–water partition coefficient (Wildman–Crippen LogP) is 1.62. The Morgan fingerprint density at radius 2 is 1.51 bits per heavy atom. The van der Waals surface area contributed by atoms with Crippen LogP contribution in [0.1, 0.15) is 29.5 Å². The smallest absolute Gasteiger partial charge is 0.334 e. The predicted molar refractivity (Wildman–Crippen MR) is 221 cm³/mol. The van der Waals surface area contributed by atoms with E-state index >= 15 is 0 Å². The fraction of sp³-hybridized carbons (Fsp3) is 0.279. The number of esters is 1. The van der Waals surface area contributed by atoms with Gasteiger partial charge in [-0.1, -0.05) is 54.6 Å². The lowest BCUT2D eigenvalue weighted by Crippen LogP contribution is -2.56. The fourth-order valence-electron chi connectivity index (χ4n) is 7.03. The van der Waals surface area contributed by atoms with Crippen LogP contribution in [-0.2, 0) is 48.0 Å². The maximum Gasteiger partial charge on any atom is 0.334 e. The van der Waals surface area contributed by atoms with Crippen molar-refractivity contribution in [3.05, 3.63) is 136 Å². The number of H-pyrrole nitrogens is 1. The van der Waals surface area contributed by atoms with Crippen molar-refractivity contribution in [3.63, 3.8) is 0 Å². The minimum Gasteiger partial charge on any atom is -0.425 e. The standard InChI is InChI=1S/C43H45N9O9/c44-33(22-29-24-46-34-12-5-4-11-32(29)34)40(55)47-25-38(53)49-35(21-28-10-6-18-45-23-28)42(57)51-19-7-13-37(51)41(56)48-26-39(54)50-36(20-27-8-2-1-3-9-27)43(58)61-31-16-14-30(15-17-31)52(59)60/h1-6,8-12,14-18,23-24,33,35-37,46H,7,13,19-22,25-26,44H2,(H,47,55)(H,48,56)(H,49,53)(H,50,54)/t33-,35-,36-,37-/m0/s1. The Morgan fingerprint density at radius 1 is 0.836 bits per heavy atom. The van der Waals surface area contributed by atoms with Gasteiger partial charge in [0, 0.05) is 61.0 Å². The van der Waals surface area contributed by atoms with Crippen molar-refractivity contribution in [2.45, 2.75) is 56.3 Å².